The third-order valence-electron chi connectivity index (χ3n) is 5.63. The molecule has 25 heavy (non-hydrogen) atoms. The van der Waals surface area contributed by atoms with Crippen LogP contribution in [0.25, 0.3) is 0 Å². The lowest BCUT2D eigenvalue weighted by Gasteiger charge is -2.43. The molecule has 2 N–H and O–H groups in total. The van der Waals surface area contributed by atoms with Gasteiger partial charge in [0, 0.05) is 4.57 Å². The van der Waals surface area contributed by atoms with Gasteiger partial charge in [0.25, 0.3) is 0 Å². The van der Waals surface area contributed by atoms with Crippen molar-refractivity contribution in [1.82, 2.24) is 0 Å². The molecule has 0 amide bonds. The summed E-state index contributed by atoms with van der Waals surface area (Å²) in [5, 5.41) is 9.25. The monoisotopic (exact) mass is 379 g/mol. The molecule has 0 rings (SSSR count). The van der Waals surface area contributed by atoms with E-state index in [-0.39, 0.29) is 16.2 Å². The Morgan fingerprint density at radius 2 is 1.32 bits per heavy atom. The summed E-state index contributed by atoms with van der Waals surface area (Å²) in [7, 11) is -2.42. The van der Waals surface area contributed by atoms with Crippen molar-refractivity contribution in [3.63, 3.8) is 0 Å². The lowest BCUT2D eigenvalue weighted by molar-refractivity contribution is -0.155. The van der Waals surface area contributed by atoms with Crippen LogP contribution in [0.5, 0.6) is 0 Å². The summed E-state index contributed by atoms with van der Waals surface area (Å²) in [6, 6.07) is 0. The number of aliphatic carboxylic acids is 1. The van der Waals surface area contributed by atoms with Crippen LogP contribution in [0.15, 0.2) is 0 Å². The van der Waals surface area contributed by atoms with Crippen LogP contribution in [0.4, 0.5) is 0 Å². The highest BCUT2D eigenvalue weighted by molar-refractivity contribution is 7.32. The highest BCUT2D eigenvalue weighted by Crippen LogP contribution is 2.47. The molecular weight excluding hydrogens is 339 g/mol. The Morgan fingerprint density at radius 3 is 1.60 bits per heavy atom. The van der Waals surface area contributed by atoms with E-state index in [1.807, 2.05) is 34.6 Å². The summed E-state index contributed by atoms with van der Waals surface area (Å²) in [5.41, 5.74) is -0.665. The quantitative estimate of drug-likeness (QED) is 0.477. The maximum atomic E-state index is 11.2. The smallest absolute Gasteiger partial charge is 0.481 e. The number of rotatable bonds is 9. The summed E-state index contributed by atoms with van der Waals surface area (Å²) in [6.45, 7) is 20.7. The Labute approximate surface area is 155 Å². The minimum absolute atomic E-state index is 0.00766. The van der Waals surface area contributed by atoms with Crippen LogP contribution in [-0.4, -0.2) is 22.6 Å². The van der Waals surface area contributed by atoms with Crippen molar-refractivity contribution in [3.8, 4) is 0 Å². The van der Waals surface area contributed by atoms with Gasteiger partial charge in [-0.3, -0.25) is 4.79 Å². The maximum Gasteiger partial charge on any atom is 0.694 e. The van der Waals surface area contributed by atoms with Gasteiger partial charge in [0.1, 0.15) is 6.61 Å². The molecule has 0 spiro atoms. The second-order valence-electron chi connectivity index (χ2n) is 9.54. The topological polar surface area (TPSA) is 83.8 Å². The number of hydrogen-bond donors (Lipinski definition) is 2. The van der Waals surface area contributed by atoms with Crippen molar-refractivity contribution in [2.45, 2.75) is 88.5 Å². The van der Waals surface area contributed by atoms with Crippen LogP contribution in [0, 0.1) is 21.7 Å². The molecule has 5 nitrogen and oxygen atoms in total. The van der Waals surface area contributed by atoms with Gasteiger partial charge in [-0.1, -0.05) is 61.8 Å². The molecule has 0 aromatic carbocycles. The lowest BCUT2D eigenvalue weighted by Crippen LogP contribution is -2.42. The molecule has 0 bridgehead atoms. The first-order valence-electron chi connectivity index (χ1n) is 8.96. The molecule has 0 aromatic rings. The number of hydrogen-bond acceptors (Lipinski definition) is 3. The zero-order chi connectivity index (χ0) is 20.7. The van der Waals surface area contributed by atoms with Crippen molar-refractivity contribution in [2.24, 2.45) is 21.7 Å². The molecule has 0 aliphatic carbocycles. The van der Waals surface area contributed by atoms with Crippen molar-refractivity contribution < 1.29 is 23.9 Å². The Bertz CT molecular complexity index is 439. The average molecular weight is 379 g/mol. The van der Waals surface area contributed by atoms with Crippen molar-refractivity contribution >= 4 is 14.2 Å². The third kappa shape index (κ3) is 10.3. The van der Waals surface area contributed by atoms with E-state index in [1.165, 1.54) is 0 Å². The first-order chi connectivity index (χ1) is 10.9. The predicted octanol–water partition coefficient (Wildman–Crippen LogP) is 6.04. The fourth-order valence-corrected chi connectivity index (χ4v) is 2.62. The van der Waals surface area contributed by atoms with Crippen LogP contribution in [0.1, 0.15) is 88.5 Å². The van der Waals surface area contributed by atoms with Crippen molar-refractivity contribution in [2.75, 3.05) is 6.61 Å². The standard InChI is InChI=1S/C13H26O2.C6H13O3P/c1-8-11(2,3)9-12(4,5)13(6,7)10(14)15;1-4-6(2,3)5-9-10(7)8/h8-9H2,1-7H3,(H,14,15);4-5H2,1-3H3/p+1. The van der Waals surface area contributed by atoms with Gasteiger partial charge in [-0.15, -0.1) is 9.42 Å². The summed E-state index contributed by atoms with van der Waals surface area (Å²) in [6.07, 6.45) is 2.94. The van der Waals surface area contributed by atoms with E-state index in [2.05, 4.69) is 39.1 Å². The first-order valence-corrected chi connectivity index (χ1v) is 10.1. The van der Waals surface area contributed by atoms with Crippen LogP contribution in [-0.2, 0) is 13.9 Å². The van der Waals surface area contributed by atoms with E-state index < -0.39 is 19.6 Å². The van der Waals surface area contributed by atoms with Gasteiger partial charge in [-0.25, -0.2) is 0 Å². The Morgan fingerprint density at radius 1 is 0.920 bits per heavy atom. The number of carboxylic acid groups (broad SMARTS) is 1. The second kappa shape index (κ2) is 9.99. The van der Waals surface area contributed by atoms with Gasteiger partial charge < -0.3 is 5.11 Å². The number of carboxylic acids is 1. The summed E-state index contributed by atoms with van der Waals surface area (Å²) < 4.78 is 14.7. The highest BCUT2D eigenvalue weighted by Gasteiger charge is 2.45. The van der Waals surface area contributed by atoms with Crippen LogP contribution >= 0.6 is 8.25 Å². The molecule has 1 unspecified atom stereocenters. The molecular formula is C19H40O5P+. The van der Waals surface area contributed by atoms with Crippen molar-refractivity contribution in [3.05, 3.63) is 0 Å². The maximum absolute atomic E-state index is 11.2. The van der Waals surface area contributed by atoms with Gasteiger partial charge in [-0.05, 0) is 42.9 Å². The largest absolute Gasteiger partial charge is 0.694 e. The molecule has 6 heteroatoms. The lowest BCUT2D eigenvalue weighted by atomic mass is 9.61. The highest BCUT2D eigenvalue weighted by atomic mass is 31.1. The van der Waals surface area contributed by atoms with Crippen LogP contribution in [0.3, 0.4) is 0 Å². The predicted molar refractivity (Wildman–Crippen MR) is 104 cm³/mol. The van der Waals surface area contributed by atoms with E-state index >= 15 is 0 Å². The number of carbonyl (C=O) groups is 1. The zero-order valence-corrected chi connectivity index (χ0v) is 18.8. The second-order valence-corrected chi connectivity index (χ2v) is 10.3. The van der Waals surface area contributed by atoms with E-state index in [9.17, 15) is 14.5 Å². The minimum atomic E-state index is -2.42. The van der Waals surface area contributed by atoms with Gasteiger partial charge in [-0.2, -0.15) is 0 Å². The molecule has 0 aromatic heterocycles. The zero-order valence-electron chi connectivity index (χ0n) is 17.9. The van der Waals surface area contributed by atoms with Crippen molar-refractivity contribution in [1.29, 1.82) is 0 Å². The molecule has 0 saturated carbocycles. The fraction of sp³-hybridized carbons (Fsp3) is 0.947. The van der Waals surface area contributed by atoms with Gasteiger partial charge in [0.05, 0.1) is 5.41 Å². The molecule has 0 saturated heterocycles. The summed E-state index contributed by atoms with van der Waals surface area (Å²) in [5.74, 6) is -0.709. The SMILES string of the molecule is CCC(C)(C)CC(C)(C)C(C)(C)C(=O)O.CCC(C)(C)CO[P+](=O)O. The van der Waals surface area contributed by atoms with Crippen LogP contribution < -0.4 is 0 Å². The molecule has 0 aliphatic rings. The third-order valence-corrected chi connectivity index (χ3v) is 5.98. The van der Waals surface area contributed by atoms with E-state index in [0.717, 1.165) is 19.3 Å². The minimum Gasteiger partial charge on any atom is -0.481 e. The summed E-state index contributed by atoms with van der Waals surface area (Å²) >= 11 is 0. The molecule has 0 aliphatic heterocycles. The molecule has 1 atom stereocenters. The van der Waals surface area contributed by atoms with Gasteiger partial charge in [0.2, 0.25) is 0 Å². The Hall–Kier alpha value is -0.510. The fourth-order valence-electron chi connectivity index (χ4n) is 2.16. The molecule has 0 heterocycles. The summed E-state index contributed by atoms with van der Waals surface area (Å²) in [4.78, 5) is 19.5. The molecule has 0 radical (unpaired) electrons. The normalized spacial score (nSPS) is 13.8. The van der Waals surface area contributed by atoms with Gasteiger partial charge in [0.15, 0.2) is 0 Å². The first kappa shape index (κ1) is 26.7. The molecule has 150 valence electrons. The van der Waals surface area contributed by atoms with E-state index in [0.29, 0.717) is 6.61 Å². The van der Waals surface area contributed by atoms with Crippen LogP contribution in [0.2, 0.25) is 0 Å². The Balaban J connectivity index is 0. The van der Waals surface area contributed by atoms with Gasteiger partial charge >= 0.3 is 14.2 Å². The Kier molecular flexibility index (Phi) is 10.7. The average Bonchev–Trinajstić information content (AvgIpc) is 2.44. The van der Waals surface area contributed by atoms with E-state index in [1.54, 1.807) is 0 Å². The van der Waals surface area contributed by atoms with E-state index in [4.69, 9.17) is 4.89 Å². The molecule has 0 fully saturated rings.